The molecule has 2 aromatic heterocycles. The van der Waals surface area contributed by atoms with Crippen LogP contribution in [0.15, 0.2) is 6.33 Å². The molecular weight excluding hydrogens is 216 g/mol. The van der Waals surface area contributed by atoms with Crippen molar-refractivity contribution in [3.63, 3.8) is 0 Å². The molecule has 0 spiro atoms. The van der Waals surface area contributed by atoms with E-state index in [1.165, 1.54) is 17.7 Å². The molecule has 1 amide bonds. The number of nitrogens with zero attached hydrogens (tertiary/aromatic N) is 3. The Labute approximate surface area is 89.7 Å². The third kappa shape index (κ3) is 1.65. The summed E-state index contributed by atoms with van der Waals surface area (Å²) in [5.74, 6) is 0. The maximum atomic E-state index is 10.6. The molecule has 0 aliphatic rings. The van der Waals surface area contributed by atoms with Crippen LogP contribution in [0, 0.1) is 6.92 Å². The van der Waals surface area contributed by atoms with Crippen LogP contribution in [-0.4, -0.2) is 20.7 Å². The molecule has 1 atom stereocenters. The number of aromatic nitrogens is 3. The van der Waals surface area contributed by atoms with Crippen molar-refractivity contribution in [1.82, 2.24) is 14.6 Å². The lowest BCUT2D eigenvalue weighted by atomic mass is 10.3. The molecule has 6 nitrogen and oxygen atoms in total. The molecule has 1 unspecified atom stereocenters. The highest BCUT2D eigenvalue weighted by atomic mass is 32.1. The normalized spacial score (nSPS) is 12.9. The lowest BCUT2D eigenvalue weighted by Crippen LogP contribution is -2.15. The van der Waals surface area contributed by atoms with Crippen LogP contribution >= 0.6 is 11.3 Å². The molecule has 2 N–H and O–H groups in total. The predicted octanol–water partition coefficient (Wildman–Crippen LogP) is 1.26. The smallest absolute Gasteiger partial charge is 0.405 e. The fourth-order valence-electron chi connectivity index (χ4n) is 1.41. The topological polar surface area (TPSA) is 82.5 Å². The molecule has 0 radical (unpaired) electrons. The van der Waals surface area contributed by atoms with Crippen LogP contribution in [0.3, 0.4) is 0 Å². The second kappa shape index (κ2) is 3.50. The Kier molecular flexibility index (Phi) is 2.31. The first-order valence-electron chi connectivity index (χ1n) is 4.34. The average Bonchev–Trinajstić information content (AvgIpc) is 2.67. The molecule has 0 saturated heterocycles. The summed E-state index contributed by atoms with van der Waals surface area (Å²) in [6, 6.07) is 0. The minimum atomic E-state index is -0.777. The minimum Gasteiger partial charge on any atom is -0.441 e. The van der Waals surface area contributed by atoms with Crippen LogP contribution in [0.25, 0.3) is 4.96 Å². The first kappa shape index (κ1) is 9.91. The number of primary amides is 1. The van der Waals surface area contributed by atoms with E-state index >= 15 is 0 Å². The van der Waals surface area contributed by atoms with Crippen LogP contribution in [0.2, 0.25) is 0 Å². The largest absolute Gasteiger partial charge is 0.441 e. The van der Waals surface area contributed by atoms with E-state index in [4.69, 9.17) is 10.5 Å². The molecule has 0 fully saturated rings. The van der Waals surface area contributed by atoms with E-state index in [2.05, 4.69) is 10.1 Å². The Balaban J connectivity index is 2.38. The molecule has 0 aliphatic carbocycles. The Morgan fingerprint density at radius 1 is 1.73 bits per heavy atom. The van der Waals surface area contributed by atoms with Gasteiger partial charge in [0.05, 0.1) is 10.6 Å². The predicted molar refractivity (Wildman–Crippen MR) is 54.7 cm³/mol. The number of carbonyl (C=O) groups excluding carboxylic acids is 1. The van der Waals surface area contributed by atoms with E-state index in [9.17, 15) is 4.79 Å². The van der Waals surface area contributed by atoms with Crippen molar-refractivity contribution < 1.29 is 9.53 Å². The number of carbonyl (C=O) groups is 1. The maximum Gasteiger partial charge on any atom is 0.405 e. The zero-order valence-corrected chi connectivity index (χ0v) is 9.11. The van der Waals surface area contributed by atoms with Gasteiger partial charge in [0.1, 0.15) is 12.4 Å². The maximum absolute atomic E-state index is 10.6. The van der Waals surface area contributed by atoms with Gasteiger partial charge in [-0.15, -0.1) is 0 Å². The van der Waals surface area contributed by atoms with Gasteiger partial charge in [-0.2, -0.15) is 5.10 Å². The number of fused-ring (bicyclic) bond motifs is 1. The molecule has 2 heterocycles. The molecule has 80 valence electrons. The summed E-state index contributed by atoms with van der Waals surface area (Å²) in [6.45, 7) is 3.66. The second-order valence-corrected chi connectivity index (χ2v) is 4.09. The highest BCUT2D eigenvalue weighted by Gasteiger charge is 2.18. The van der Waals surface area contributed by atoms with E-state index in [1.807, 2.05) is 6.92 Å². The van der Waals surface area contributed by atoms with E-state index in [-0.39, 0.29) is 6.10 Å². The quantitative estimate of drug-likeness (QED) is 0.835. The fraction of sp³-hybridized carbons (Fsp3) is 0.375. The van der Waals surface area contributed by atoms with Crippen molar-refractivity contribution in [1.29, 1.82) is 0 Å². The Morgan fingerprint density at radius 2 is 2.47 bits per heavy atom. The van der Waals surface area contributed by atoms with Gasteiger partial charge in [0.25, 0.3) is 0 Å². The van der Waals surface area contributed by atoms with E-state index in [0.29, 0.717) is 0 Å². The van der Waals surface area contributed by atoms with Crippen molar-refractivity contribution in [2.24, 2.45) is 5.73 Å². The summed E-state index contributed by atoms with van der Waals surface area (Å²) in [7, 11) is 0. The third-order valence-corrected chi connectivity index (χ3v) is 3.36. The third-order valence-electron chi connectivity index (χ3n) is 2.05. The van der Waals surface area contributed by atoms with Crippen LogP contribution in [-0.2, 0) is 4.74 Å². The van der Waals surface area contributed by atoms with Crippen molar-refractivity contribution in [2.75, 3.05) is 0 Å². The van der Waals surface area contributed by atoms with Crippen molar-refractivity contribution in [3.8, 4) is 0 Å². The van der Waals surface area contributed by atoms with Crippen molar-refractivity contribution in [2.45, 2.75) is 20.0 Å². The summed E-state index contributed by atoms with van der Waals surface area (Å²) in [6.07, 6.45) is 0.347. The number of amides is 1. The second-order valence-electron chi connectivity index (χ2n) is 3.09. The molecule has 0 bridgehead atoms. The molecule has 7 heteroatoms. The van der Waals surface area contributed by atoms with Crippen LogP contribution in [0.5, 0.6) is 0 Å². The highest BCUT2D eigenvalue weighted by molar-refractivity contribution is 7.17. The van der Waals surface area contributed by atoms with Crippen LogP contribution < -0.4 is 5.73 Å². The summed E-state index contributed by atoms with van der Waals surface area (Å²) in [4.78, 5) is 16.4. The van der Waals surface area contributed by atoms with Gasteiger partial charge in [0.2, 0.25) is 4.96 Å². The van der Waals surface area contributed by atoms with Crippen molar-refractivity contribution >= 4 is 22.4 Å². The molecule has 0 aliphatic heterocycles. The summed E-state index contributed by atoms with van der Waals surface area (Å²) in [5.41, 5.74) is 5.87. The summed E-state index contributed by atoms with van der Waals surface area (Å²) in [5, 5.41) is 4.04. The number of hydrogen-bond donors (Lipinski definition) is 1. The van der Waals surface area contributed by atoms with Crippen molar-refractivity contribution in [3.05, 3.63) is 16.9 Å². The van der Waals surface area contributed by atoms with Gasteiger partial charge in [-0.25, -0.2) is 14.3 Å². The van der Waals surface area contributed by atoms with Gasteiger partial charge in [-0.05, 0) is 13.8 Å². The molecule has 0 aromatic carbocycles. The number of thiazole rings is 1. The van der Waals surface area contributed by atoms with Gasteiger partial charge in [-0.1, -0.05) is 11.3 Å². The fourth-order valence-corrected chi connectivity index (χ4v) is 2.43. The average molecular weight is 226 g/mol. The van der Waals surface area contributed by atoms with E-state index < -0.39 is 6.09 Å². The lowest BCUT2D eigenvalue weighted by molar-refractivity contribution is 0.118. The van der Waals surface area contributed by atoms with E-state index in [1.54, 1.807) is 11.4 Å². The van der Waals surface area contributed by atoms with Gasteiger partial charge < -0.3 is 10.5 Å². The summed E-state index contributed by atoms with van der Waals surface area (Å²) >= 11 is 1.44. The zero-order valence-electron chi connectivity index (χ0n) is 8.30. The van der Waals surface area contributed by atoms with Gasteiger partial charge in [0.15, 0.2) is 0 Å². The highest BCUT2D eigenvalue weighted by Crippen LogP contribution is 2.28. The SMILES string of the molecule is Cc1c(C(C)OC(N)=O)sc2ncnn12. The van der Waals surface area contributed by atoms with Gasteiger partial charge >= 0.3 is 6.09 Å². The Bertz CT molecular complexity index is 504. The first-order chi connectivity index (χ1) is 7.09. The van der Waals surface area contributed by atoms with Gasteiger partial charge in [0, 0.05) is 0 Å². The lowest BCUT2D eigenvalue weighted by Gasteiger charge is -2.09. The zero-order chi connectivity index (χ0) is 11.0. The molecular formula is C8H10N4O2S. The monoisotopic (exact) mass is 226 g/mol. The minimum absolute atomic E-state index is 0.365. The Morgan fingerprint density at radius 3 is 3.07 bits per heavy atom. The molecule has 2 aromatic rings. The number of hydrogen-bond acceptors (Lipinski definition) is 5. The van der Waals surface area contributed by atoms with Crippen LogP contribution in [0.4, 0.5) is 4.79 Å². The summed E-state index contributed by atoms with van der Waals surface area (Å²) < 4.78 is 6.61. The number of aryl methyl sites for hydroxylation is 1. The standard InChI is InChI=1S/C8H10N4O2S/c1-4-6(5(2)14-7(9)13)15-8-10-3-11-12(4)8/h3,5H,1-2H3,(H2,9,13). The van der Waals surface area contributed by atoms with E-state index in [0.717, 1.165) is 15.5 Å². The Hall–Kier alpha value is -1.63. The molecule has 15 heavy (non-hydrogen) atoms. The van der Waals surface area contributed by atoms with Gasteiger partial charge in [-0.3, -0.25) is 0 Å². The number of ether oxygens (including phenoxy) is 1. The molecule has 2 rings (SSSR count). The molecule has 0 saturated carbocycles. The first-order valence-corrected chi connectivity index (χ1v) is 5.16. The number of rotatable bonds is 2. The number of nitrogens with two attached hydrogens (primary N) is 1. The van der Waals surface area contributed by atoms with Crippen LogP contribution in [0.1, 0.15) is 23.6 Å².